The Hall–Kier alpha value is -2.48. The summed E-state index contributed by atoms with van der Waals surface area (Å²) in [5.41, 5.74) is 1.65. The number of anilines is 2. The van der Waals surface area contributed by atoms with Crippen LogP contribution in [0.3, 0.4) is 0 Å². The minimum Gasteiger partial charge on any atom is -0.332 e. The van der Waals surface area contributed by atoms with E-state index in [4.69, 9.17) is 12.2 Å². The molecule has 156 valence electrons. The number of benzene rings is 3. The first kappa shape index (κ1) is 20.8. The van der Waals surface area contributed by atoms with Gasteiger partial charge in [0.25, 0.3) is 0 Å². The predicted octanol–water partition coefficient (Wildman–Crippen LogP) is 5.21. The molecule has 1 aliphatic heterocycles. The van der Waals surface area contributed by atoms with E-state index < -0.39 is 10.0 Å². The topological polar surface area (TPSA) is 61.4 Å². The van der Waals surface area contributed by atoms with Crippen LogP contribution in [0.25, 0.3) is 10.8 Å². The molecule has 1 heterocycles. The molecule has 0 aliphatic carbocycles. The second-order valence-electron chi connectivity index (χ2n) is 7.59. The van der Waals surface area contributed by atoms with E-state index in [2.05, 4.69) is 22.8 Å². The van der Waals surface area contributed by atoms with E-state index in [1.807, 2.05) is 37.3 Å². The van der Waals surface area contributed by atoms with Crippen LogP contribution in [0.4, 0.5) is 11.4 Å². The molecule has 0 radical (unpaired) electrons. The van der Waals surface area contributed by atoms with Crippen molar-refractivity contribution in [3.05, 3.63) is 66.7 Å². The van der Waals surface area contributed by atoms with Gasteiger partial charge in [-0.3, -0.25) is 0 Å². The second kappa shape index (κ2) is 8.71. The Kier molecular flexibility index (Phi) is 6.04. The Morgan fingerprint density at radius 1 is 0.967 bits per heavy atom. The van der Waals surface area contributed by atoms with Crippen molar-refractivity contribution in [1.82, 2.24) is 4.31 Å². The molecule has 0 amide bonds. The van der Waals surface area contributed by atoms with Crippen molar-refractivity contribution in [1.29, 1.82) is 0 Å². The van der Waals surface area contributed by atoms with Crippen LogP contribution in [-0.4, -0.2) is 30.4 Å². The molecule has 1 atom stereocenters. The molecule has 7 heteroatoms. The zero-order valence-corrected chi connectivity index (χ0v) is 18.5. The van der Waals surface area contributed by atoms with Crippen molar-refractivity contribution in [3.8, 4) is 0 Å². The highest BCUT2D eigenvalue weighted by molar-refractivity contribution is 7.89. The van der Waals surface area contributed by atoms with Crippen LogP contribution >= 0.6 is 12.2 Å². The molecule has 3 aromatic carbocycles. The van der Waals surface area contributed by atoms with Crippen LogP contribution < -0.4 is 10.6 Å². The summed E-state index contributed by atoms with van der Waals surface area (Å²) in [6, 6.07) is 20.9. The summed E-state index contributed by atoms with van der Waals surface area (Å²) >= 11 is 5.46. The molecular weight excluding hydrogens is 414 g/mol. The van der Waals surface area contributed by atoms with Gasteiger partial charge in [0, 0.05) is 29.3 Å². The molecule has 5 nitrogen and oxygen atoms in total. The Balaban J connectivity index is 1.46. The van der Waals surface area contributed by atoms with Gasteiger partial charge >= 0.3 is 0 Å². The van der Waals surface area contributed by atoms with Crippen molar-refractivity contribution < 1.29 is 8.42 Å². The molecule has 1 aliphatic rings. The number of rotatable bonds is 4. The van der Waals surface area contributed by atoms with Gasteiger partial charge < -0.3 is 10.6 Å². The summed E-state index contributed by atoms with van der Waals surface area (Å²) in [4.78, 5) is 0.315. The fourth-order valence-electron chi connectivity index (χ4n) is 3.89. The van der Waals surface area contributed by atoms with Gasteiger partial charge in [-0.15, -0.1) is 0 Å². The van der Waals surface area contributed by atoms with E-state index in [9.17, 15) is 8.42 Å². The highest BCUT2D eigenvalue weighted by Gasteiger charge is 2.30. The third-order valence-corrected chi connectivity index (χ3v) is 7.73. The van der Waals surface area contributed by atoms with E-state index in [0.717, 1.165) is 41.4 Å². The van der Waals surface area contributed by atoms with Crippen molar-refractivity contribution in [2.45, 2.75) is 37.1 Å². The summed E-state index contributed by atoms with van der Waals surface area (Å²) in [6.45, 7) is 2.56. The van der Waals surface area contributed by atoms with Gasteiger partial charge in [0.05, 0.1) is 4.90 Å². The molecule has 1 fully saturated rings. The van der Waals surface area contributed by atoms with Crippen LogP contribution in [0.15, 0.2) is 71.6 Å². The Labute approximate surface area is 183 Å². The third-order valence-electron chi connectivity index (χ3n) is 5.50. The molecular formula is C23H25N3O2S2. The maximum Gasteiger partial charge on any atom is 0.243 e. The van der Waals surface area contributed by atoms with Crippen LogP contribution in [-0.2, 0) is 10.0 Å². The first-order chi connectivity index (χ1) is 14.4. The molecule has 4 rings (SSSR count). The second-order valence-corrected chi connectivity index (χ2v) is 9.89. The molecule has 1 unspecified atom stereocenters. The predicted molar refractivity (Wildman–Crippen MR) is 127 cm³/mol. The maximum absolute atomic E-state index is 13.0. The maximum atomic E-state index is 13.0. The van der Waals surface area contributed by atoms with Gasteiger partial charge in [-0.05, 0) is 67.7 Å². The number of hydrogen-bond acceptors (Lipinski definition) is 3. The lowest BCUT2D eigenvalue weighted by atomic mass is 10.1. The van der Waals surface area contributed by atoms with E-state index in [1.165, 1.54) is 0 Å². The van der Waals surface area contributed by atoms with Crippen molar-refractivity contribution in [2.24, 2.45) is 0 Å². The standard InChI is InChI=1S/C23H25N3O2S2/c1-17-7-4-5-16-26(17)30(27,28)20-14-12-19(13-15-20)24-23(29)25-22-11-6-9-18-8-2-3-10-21(18)22/h2-3,6,8-15,17H,4-5,7,16H2,1H3,(H2,24,25,29). The van der Waals surface area contributed by atoms with E-state index >= 15 is 0 Å². The van der Waals surface area contributed by atoms with E-state index in [1.54, 1.807) is 28.6 Å². The Morgan fingerprint density at radius 3 is 2.47 bits per heavy atom. The summed E-state index contributed by atoms with van der Waals surface area (Å²) in [5, 5.41) is 9.03. The molecule has 0 spiro atoms. The fourth-order valence-corrected chi connectivity index (χ4v) is 5.82. The summed E-state index contributed by atoms with van der Waals surface area (Å²) in [6.07, 6.45) is 2.90. The molecule has 0 bridgehead atoms. The number of nitrogens with one attached hydrogen (secondary N) is 2. The van der Waals surface area contributed by atoms with Gasteiger partial charge in [-0.1, -0.05) is 42.8 Å². The Morgan fingerprint density at radius 2 is 1.70 bits per heavy atom. The Bertz CT molecular complexity index is 1160. The average molecular weight is 440 g/mol. The average Bonchev–Trinajstić information content (AvgIpc) is 2.74. The quantitative estimate of drug-likeness (QED) is 0.546. The minimum atomic E-state index is -3.47. The number of hydrogen-bond donors (Lipinski definition) is 2. The monoisotopic (exact) mass is 439 g/mol. The highest BCUT2D eigenvalue weighted by atomic mass is 32.2. The lowest BCUT2D eigenvalue weighted by molar-refractivity contribution is 0.268. The minimum absolute atomic E-state index is 0.0408. The summed E-state index contributed by atoms with van der Waals surface area (Å²) in [7, 11) is -3.47. The first-order valence-corrected chi connectivity index (χ1v) is 12.0. The van der Waals surface area contributed by atoms with Gasteiger partial charge in [0.15, 0.2) is 5.11 Å². The van der Waals surface area contributed by atoms with Crippen LogP contribution in [0, 0.1) is 0 Å². The van der Waals surface area contributed by atoms with Crippen molar-refractivity contribution >= 4 is 49.5 Å². The lowest BCUT2D eigenvalue weighted by Gasteiger charge is -2.32. The van der Waals surface area contributed by atoms with Crippen LogP contribution in [0.2, 0.25) is 0 Å². The van der Waals surface area contributed by atoms with Crippen molar-refractivity contribution in [2.75, 3.05) is 17.2 Å². The van der Waals surface area contributed by atoms with Crippen LogP contribution in [0.5, 0.6) is 0 Å². The number of nitrogens with zero attached hydrogens (tertiary/aromatic N) is 1. The highest BCUT2D eigenvalue weighted by Crippen LogP contribution is 2.26. The number of piperidine rings is 1. The lowest BCUT2D eigenvalue weighted by Crippen LogP contribution is -2.41. The number of fused-ring (bicyclic) bond motifs is 1. The SMILES string of the molecule is CC1CCCCN1S(=O)(=O)c1ccc(NC(=S)Nc2cccc3ccccc23)cc1. The smallest absolute Gasteiger partial charge is 0.243 e. The van der Waals surface area contributed by atoms with E-state index in [-0.39, 0.29) is 6.04 Å². The molecule has 1 saturated heterocycles. The third kappa shape index (κ3) is 4.33. The van der Waals surface area contributed by atoms with Gasteiger partial charge in [-0.25, -0.2) is 8.42 Å². The molecule has 0 saturated carbocycles. The first-order valence-electron chi connectivity index (χ1n) is 10.1. The summed E-state index contributed by atoms with van der Waals surface area (Å²) < 4.78 is 27.5. The molecule has 2 N–H and O–H groups in total. The van der Waals surface area contributed by atoms with Crippen molar-refractivity contribution in [3.63, 3.8) is 0 Å². The summed E-state index contributed by atoms with van der Waals surface area (Å²) in [5.74, 6) is 0. The van der Waals surface area contributed by atoms with Crippen LogP contribution in [0.1, 0.15) is 26.2 Å². The fraction of sp³-hybridized carbons (Fsp3) is 0.261. The largest absolute Gasteiger partial charge is 0.332 e. The number of sulfonamides is 1. The zero-order chi connectivity index (χ0) is 21.1. The normalized spacial score (nSPS) is 17.6. The number of thiocarbonyl (C=S) groups is 1. The van der Waals surface area contributed by atoms with Gasteiger partial charge in [-0.2, -0.15) is 4.31 Å². The van der Waals surface area contributed by atoms with Gasteiger partial charge in [0.2, 0.25) is 10.0 Å². The molecule has 30 heavy (non-hydrogen) atoms. The molecule has 0 aromatic heterocycles. The van der Waals surface area contributed by atoms with Gasteiger partial charge in [0.1, 0.15) is 0 Å². The zero-order valence-electron chi connectivity index (χ0n) is 16.8. The molecule has 3 aromatic rings. The van der Waals surface area contributed by atoms with E-state index in [0.29, 0.717) is 16.6 Å².